The van der Waals surface area contributed by atoms with Crippen LogP contribution in [0.3, 0.4) is 0 Å². The van der Waals surface area contributed by atoms with Gasteiger partial charge in [-0.3, -0.25) is 4.79 Å². The molecule has 1 amide bonds. The number of amides is 1. The van der Waals surface area contributed by atoms with Gasteiger partial charge in [-0.05, 0) is 27.2 Å². The quantitative estimate of drug-likeness (QED) is 0.756. The van der Waals surface area contributed by atoms with Crippen LogP contribution in [0.25, 0.3) is 0 Å². The second-order valence-electron chi connectivity index (χ2n) is 4.81. The fraction of sp³-hybridized carbons (Fsp3) is 0.833. The Morgan fingerprint density at radius 3 is 2.50 bits per heavy atom. The van der Waals surface area contributed by atoms with E-state index in [2.05, 4.69) is 5.32 Å². The van der Waals surface area contributed by atoms with Gasteiger partial charge in [0.15, 0.2) is 9.84 Å². The monoisotopic (exact) mass is 338 g/mol. The molecule has 1 heterocycles. The van der Waals surface area contributed by atoms with Crippen molar-refractivity contribution in [1.82, 2.24) is 10.2 Å². The lowest BCUT2D eigenvalue weighted by Gasteiger charge is -2.23. The predicted octanol–water partition coefficient (Wildman–Crippen LogP) is 1.04. The van der Waals surface area contributed by atoms with E-state index >= 15 is 0 Å². The average Bonchev–Trinajstić information content (AvgIpc) is 2.70. The van der Waals surface area contributed by atoms with Gasteiger partial charge in [-0.25, -0.2) is 8.42 Å². The molecular weight excluding hydrogens is 316 g/mol. The molecule has 2 unspecified atom stereocenters. The standard InChI is InChI=1S/C12H22N2O3S3/c1-4-14(5-2)12(18)19-9(3)11(15)13-10-6-7-20(16,17)8-10/h9-10H,4-8H2,1-3H3,(H,13,15). The summed E-state index contributed by atoms with van der Waals surface area (Å²) in [5, 5.41) is 2.48. The maximum Gasteiger partial charge on any atom is 0.233 e. The van der Waals surface area contributed by atoms with Crippen LogP contribution in [0.1, 0.15) is 27.2 Å². The van der Waals surface area contributed by atoms with Crippen LogP contribution in [0.2, 0.25) is 0 Å². The third kappa shape index (κ3) is 5.21. The molecule has 5 nitrogen and oxygen atoms in total. The smallest absolute Gasteiger partial charge is 0.233 e. The maximum atomic E-state index is 12.0. The molecule has 0 aliphatic carbocycles. The SMILES string of the molecule is CCN(CC)C(=S)SC(C)C(=O)NC1CCS(=O)(=O)C1. The molecule has 1 fully saturated rings. The van der Waals surface area contributed by atoms with Gasteiger partial charge in [0.2, 0.25) is 5.91 Å². The van der Waals surface area contributed by atoms with Crippen molar-refractivity contribution in [3.05, 3.63) is 0 Å². The van der Waals surface area contributed by atoms with Gasteiger partial charge in [0.25, 0.3) is 0 Å². The van der Waals surface area contributed by atoms with E-state index in [9.17, 15) is 13.2 Å². The lowest BCUT2D eigenvalue weighted by molar-refractivity contribution is -0.120. The van der Waals surface area contributed by atoms with Gasteiger partial charge < -0.3 is 10.2 Å². The van der Waals surface area contributed by atoms with Crippen LogP contribution in [0.15, 0.2) is 0 Å². The first-order valence-electron chi connectivity index (χ1n) is 6.75. The van der Waals surface area contributed by atoms with Crippen LogP contribution in [0.4, 0.5) is 0 Å². The third-order valence-corrected chi connectivity index (χ3v) is 6.59. The Balaban J connectivity index is 2.45. The second kappa shape index (κ2) is 7.61. The molecule has 0 radical (unpaired) electrons. The summed E-state index contributed by atoms with van der Waals surface area (Å²) in [7, 11) is -2.97. The van der Waals surface area contributed by atoms with Crippen LogP contribution >= 0.6 is 24.0 Å². The molecule has 0 saturated carbocycles. The number of hydrogen-bond acceptors (Lipinski definition) is 5. The number of rotatable bonds is 5. The Kier molecular flexibility index (Phi) is 6.74. The summed E-state index contributed by atoms with van der Waals surface area (Å²) < 4.78 is 23.4. The Morgan fingerprint density at radius 2 is 2.05 bits per heavy atom. The summed E-state index contributed by atoms with van der Waals surface area (Å²) in [6.07, 6.45) is 0.506. The van der Waals surface area contributed by atoms with Gasteiger partial charge >= 0.3 is 0 Å². The lowest BCUT2D eigenvalue weighted by Crippen LogP contribution is -2.41. The number of sulfone groups is 1. The van der Waals surface area contributed by atoms with Gasteiger partial charge in [-0.2, -0.15) is 0 Å². The first kappa shape index (κ1) is 17.7. The van der Waals surface area contributed by atoms with Crippen molar-refractivity contribution >= 4 is 44.0 Å². The fourth-order valence-electron chi connectivity index (χ4n) is 1.99. The second-order valence-corrected chi connectivity index (χ2v) is 9.01. The van der Waals surface area contributed by atoms with Gasteiger partial charge in [-0.15, -0.1) is 0 Å². The number of thiocarbonyl (C=S) groups is 1. The zero-order valence-electron chi connectivity index (χ0n) is 12.1. The number of carbonyl (C=O) groups excluding carboxylic acids is 1. The van der Waals surface area contributed by atoms with Gasteiger partial charge in [-0.1, -0.05) is 24.0 Å². The van der Waals surface area contributed by atoms with E-state index in [1.165, 1.54) is 11.8 Å². The van der Waals surface area contributed by atoms with E-state index in [4.69, 9.17) is 12.2 Å². The highest BCUT2D eigenvalue weighted by molar-refractivity contribution is 8.23. The molecule has 1 N–H and O–H groups in total. The average molecular weight is 339 g/mol. The molecule has 1 aliphatic rings. The lowest BCUT2D eigenvalue weighted by atomic mass is 10.2. The molecule has 116 valence electrons. The number of nitrogens with zero attached hydrogens (tertiary/aromatic N) is 1. The molecule has 1 rings (SSSR count). The van der Waals surface area contributed by atoms with E-state index in [0.717, 1.165) is 13.1 Å². The van der Waals surface area contributed by atoms with Crippen LogP contribution in [-0.4, -0.2) is 59.4 Å². The van der Waals surface area contributed by atoms with Crippen LogP contribution in [0.5, 0.6) is 0 Å². The number of thioether (sulfide) groups is 1. The molecule has 1 aliphatic heterocycles. The molecular formula is C12H22N2O3S3. The first-order chi connectivity index (χ1) is 9.29. The summed E-state index contributed by atoms with van der Waals surface area (Å²) >= 11 is 6.65. The van der Waals surface area contributed by atoms with Crippen molar-refractivity contribution in [2.24, 2.45) is 0 Å². The van der Waals surface area contributed by atoms with Crippen molar-refractivity contribution in [1.29, 1.82) is 0 Å². The van der Waals surface area contributed by atoms with Crippen LogP contribution < -0.4 is 5.32 Å². The molecule has 8 heteroatoms. The number of carbonyl (C=O) groups is 1. The topological polar surface area (TPSA) is 66.5 Å². The van der Waals surface area contributed by atoms with E-state index in [1.807, 2.05) is 18.7 Å². The Labute approximate surface area is 130 Å². The third-order valence-electron chi connectivity index (χ3n) is 3.25. The Bertz CT molecular complexity index is 461. The highest BCUT2D eigenvalue weighted by Gasteiger charge is 2.30. The summed E-state index contributed by atoms with van der Waals surface area (Å²) in [6, 6.07) is -0.252. The minimum Gasteiger partial charge on any atom is -0.358 e. The summed E-state index contributed by atoms with van der Waals surface area (Å²) in [4.78, 5) is 14.1. The van der Waals surface area contributed by atoms with Crippen molar-refractivity contribution < 1.29 is 13.2 Å². The van der Waals surface area contributed by atoms with Crippen LogP contribution in [-0.2, 0) is 14.6 Å². The maximum absolute atomic E-state index is 12.0. The normalized spacial score (nSPS) is 22.2. The molecule has 0 aromatic rings. The number of hydrogen-bond donors (Lipinski definition) is 1. The molecule has 1 saturated heterocycles. The van der Waals surface area contributed by atoms with E-state index < -0.39 is 9.84 Å². The Hall–Kier alpha value is -0.340. The zero-order chi connectivity index (χ0) is 15.3. The molecule has 20 heavy (non-hydrogen) atoms. The first-order valence-corrected chi connectivity index (χ1v) is 9.86. The highest BCUT2D eigenvalue weighted by Crippen LogP contribution is 2.18. The summed E-state index contributed by atoms with van der Waals surface area (Å²) in [5.74, 6) is 0.0696. The Morgan fingerprint density at radius 1 is 1.45 bits per heavy atom. The molecule has 0 aromatic heterocycles. The van der Waals surface area contributed by atoms with E-state index in [1.54, 1.807) is 6.92 Å². The minimum atomic E-state index is -2.97. The van der Waals surface area contributed by atoms with Crippen LogP contribution in [0, 0.1) is 0 Å². The van der Waals surface area contributed by atoms with E-state index in [0.29, 0.717) is 10.7 Å². The van der Waals surface area contributed by atoms with Crippen molar-refractivity contribution in [2.75, 3.05) is 24.6 Å². The predicted molar refractivity (Wildman–Crippen MR) is 87.8 cm³/mol. The van der Waals surface area contributed by atoms with E-state index in [-0.39, 0.29) is 28.7 Å². The molecule has 0 bridgehead atoms. The fourth-order valence-corrected chi connectivity index (χ4v) is 5.24. The van der Waals surface area contributed by atoms with Gasteiger partial charge in [0.1, 0.15) is 4.32 Å². The van der Waals surface area contributed by atoms with Gasteiger partial charge in [0.05, 0.1) is 16.8 Å². The van der Waals surface area contributed by atoms with Crippen molar-refractivity contribution in [2.45, 2.75) is 38.5 Å². The highest BCUT2D eigenvalue weighted by atomic mass is 32.2. The van der Waals surface area contributed by atoms with Crippen molar-refractivity contribution in [3.8, 4) is 0 Å². The minimum absolute atomic E-state index is 0.0522. The summed E-state index contributed by atoms with van der Waals surface area (Å²) in [5.41, 5.74) is 0. The zero-order valence-corrected chi connectivity index (χ0v) is 14.5. The number of nitrogens with one attached hydrogen (secondary N) is 1. The molecule has 2 atom stereocenters. The summed E-state index contributed by atoms with van der Waals surface area (Å²) in [6.45, 7) is 7.46. The van der Waals surface area contributed by atoms with Crippen molar-refractivity contribution in [3.63, 3.8) is 0 Å². The van der Waals surface area contributed by atoms with Gasteiger partial charge in [0, 0.05) is 19.1 Å². The largest absolute Gasteiger partial charge is 0.358 e. The molecule has 0 aromatic carbocycles. The molecule has 0 spiro atoms.